The van der Waals surface area contributed by atoms with E-state index in [1.807, 2.05) is 42.5 Å². The van der Waals surface area contributed by atoms with E-state index in [4.69, 9.17) is 0 Å². The highest BCUT2D eigenvalue weighted by Gasteiger charge is 2.06. The van der Waals surface area contributed by atoms with Gasteiger partial charge in [-0.15, -0.1) is 0 Å². The van der Waals surface area contributed by atoms with Crippen LogP contribution in [0.1, 0.15) is 27.9 Å². The average molecular weight is 345 g/mol. The molecule has 0 fully saturated rings. The van der Waals surface area contributed by atoms with E-state index in [2.05, 4.69) is 39.9 Å². The Morgan fingerprint density at radius 3 is 2.31 bits per heavy atom. The Balaban J connectivity index is 1.46. The molecule has 2 aromatic carbocycles. The second kappa shape index (κ2) is 9.37. The van der Waals surface area contributed by atoms with Crippen molar-refractivity contribution < 1.29 is 4.79 Å². The summed E-state index contributed by atoms with van der Waals surface area (Å²) in [6.07, 6.45) is 5.20. The van der Waals surface area contributed by atoms with Crippen LogP contribution in [0.5, 0.6) is 0 Å². The van der Waals surface area contributed by atoms with Gasteiger partial charge in [-0.2, -0.15) is 0 Å². The highest BCUT2D eigenvalue weighted by Crippen LogP contribution is 2.10. The standard InChI is InChI=1S/C22H23N3O/c26-22(24-13-7-12-18-8-3-1-4-9-18)20-14-21(17-23-16-20)25-15-19-10-5-2-6-11-19/h1-6,8-11,14,16-17,25H,7,12-13,15H2,(H,24,26). The monoisotopic (exact) mass is 345 g/mol. The van der Waals surface area contributed by atoms with E-state index >= 15 is 0 Å². The Labute approximate surface area is 154 Å². The van der Waals surface area contributed by atoms with E-state index < -0.39 is 0 Å². The molecular formula is C22H23N3O. The average Bonchev–Trinajstić information content (AvgIpc) is 2.71. The van der Waals surface area contributed by atoms with Crippen molar-refractivity contribution in [2.75, 3.05) is 11.9 Å². The summed E-state index contributed by atoms with van der Waals surface area (Å²) in [4.78, 5) is 16.5. The van der Waals surface area contributed by atoms with Gasteiger partial charge in [0.2, 0.25) is 0 Å². The zero-order valence-electron chi connectivity index (χ0n) is 14.7. The number of nitrogens with one attached hydrogen (secondary N) is 2. The predicted molar refractivity (Wildman–Crippen MR) is 105 cm³/mol. The van der Waals surface area contributed by atoms with Gasteiger partial charge >= 0.3 is 0 Å². The lowest BCUT2D eigenvalue weighted by Crippen LogP contribution is -2.25. The molecule has 0 aliphatic heterocycles. The van der Waals surface area contributed by atoms with Crippen molar-refractivity contribution in [3.8, 4) is 0 Å². The molecule has 1 heterocycles. The summed E-state index contributed by atoms with van der Waals surface area (Å²) in [5.41, 5.74) is 3.88. The fraction of sp³-hybridized carbons (Fsp3) is 0.182. The van der Waals surface area contributed by atoms with Crippen molar-refractivity contribution in [1.29, 1.82) is 0 Å². The number of nitrogens with zero attached hydrogens (tertiary/aromatic N) is 1. The summed E-state index contributed by atoms with van der Waals surface area (Å²) in [5.74, 6) is -0.0890. The van der Waals surface area contributed by atoms with Crippen LogP contribution in [0.25, 0.3) is 0 Å². The maximum Gasteiger partial charge on any atom is 0.252 e. The van der Waals surface area contributed by atoms with Crippen LogP contribution < -0.4 is 10.6 Å². The molecule has 0 aliphatic carbocycles. The molecule has 2 N–H and O–H groups in total. The van der Waals surface area contributed by atoms with Crippen LogP contribution in [0, 0.1) is 0 Å². The molecule has 26 heavy (non-hydrogen) atoms. The zero-order chi connectivity index (χ0) is 18.0. The second-order valence-corrected chi connectivity index (χ2v) is 6.15. The molecule has 1 amide bonds. The number of hydrogen-bond acceptors (Lipinski definition) is 3. The van der Waals surface area contributed by atoms with E-state index in [0.717, 1.165) is 18.5 Å². The molecule has 0 aliphatic rings. The van der Waals surface area contributed by atoms with E-state index in [-0.39, 0.29) is 5.91 Å². The lowest BCUT2D eigenvalue weighted by atomic mass is 10.1. The van der Waals surface area contributed by atoms with Crippen molar-refractivity contribution in [2.45, 2.75) is 19.4 Å². The third-order valence-electron chi connectivity index (χ3n) is 4.11. The third kappa shape index (κ3) is 5.45. The number of anilines is 1. The molecule has 3 aromatic rings. The van der Waals surface area contributed by atoms with Gasteiger partial charge < -0.3 is 10.6 Å². The Bertz CT molecular complexity index is 819. The molecule has 0 spiro atoms. The molecule has 0 saturated heterocycles. The van der Waals surface area contributed by atoms with Gasteiger partial charge in [0.05, 0.1) is 11.3 Å². The van der Waals surface area contributed by atoms with E-state index in [0.29, 0.717) is 18.7 Å². The van der Waals surface area contributed by atoms with Crippen LogP contribution in [0.3, 0.4) is 0 Å². The van der Waals surface area contributed by atoms with Crippen LogP contribution in [-0.2, 0) is 13.0 Å². The van der Waals surface area contributed by atoms with Gasteiger partial charge in [0.25, 0.3) is 5.91 Å². The summed E-state index contributed by atoms with van der Waals surface area (Å²) < 4.78 is 0. The first-order valence-electron chi connectivity index (χ1n) is 8.86. The first kappa shape index (κ1) is 17.7. The minimum Gasteiger partial charge on any atom is -0.380 e. The molecule has 4 heteroatoms. The number of benzene rings is 2. The van der Waals surface area contributed by atoms with Gasteiger partial charge in [-0.05, 0) is 30.0 Å². The number of pyridine rings is 1. The number of aryl methyl sites for hydroxylation is 1. The molecule has 0 atom stereocenters. The number of amides is 1. The highest BCUT2D eigenvalue weighted by atomic mass is 16.1. The van der Waals surface area contributed by atoms with Crippen LogP contribution in [0.4, 0.5) is 5.69 Å². The summed E-state index contributed by atoms with van der Waals surface area (Å²) in [5, 5.41) is 6.27. The summed E-state index contributed by atoms with van der Waals surface area (Å²) in [6.45, 7) is 1.35. The molecular weight excluding hydrogens is 322 g/mol. The maximum atomic E-state index is 12.3. The van der Waals surface area contributed by atoms with Crippen LogP contribution >= 0.6 is 0 Å². The van der Waals surface area contributed by atoms with Crippen molar-refractivity contribution >= 4 is 11.6 Å². The maximum absolute atomic E-state index is 12.3. The molecule has 1 aromatic heterocycles. The summed E-state index contributed by atoms with van der Waals surface area (Å²) in [6, 6.07) is 22.3. The van der Waals surface area contributed by atoms with Gasteiger partial charge in [0.1, 0.15) is 0 Å². The highest BCUT2D eigenvalue weighted by molar-refractivity contribution is 5.94. The van der Waals surface area contributed by atoms with E-state index in [1.165, 1.54) is 11.1 Å². The van der Waals surface area contributed by atoms with Crippen molar-refractivity contribution in [3.63, 3.8) is 0 Å². The number of aromatic nitrogens is 1. The minimum absolute atomic E-state index is 0.0890. The smallest absolute Gasteiger partial charge is 0.252 e. The second-order valence-electron chi connectivity index (χ2n) is 6.15. The van der Waals surface area contributed by atoms with E-state index in [1.54, 1.807) is 12.4 Å². The van der Waals surface area contributed by atoms with Crippen molar-refractivity contribution in [1.82, 2.24) is 10.3 Å². The van der Waals surface area contributed by atoms with Crippen LogP contribution in [0.15, 0.2) is 79.1 Å². The predicted octanol–water partition coefficient (Wildman–Crippen LogP) is 4.06. The van der Waals surface area contributed by atoms with Crippen molar-refractivity contribution in [3.05, 3.63) is 95.8 Å². The topological polar surface area (TPSA) is 54.0 Å². The SMILES string of the molecule is O=C(NCCCc1ccccc1)c1cncc(NCc2ccccc2)c1. The van der Waals surface area contributed by atoms with Crippen LogP contribution in [-0.4, -0.2) is 17.4 Å². The fourth-order valence-electron chi connectivity index (χ4n) is 2.70. The van der Waals surface area contributed by atoms with Gasteiger partial charge in [0.15, 0.2) is 0 Å². The minimum atomic E-state index is -0.0890. The number of hydrogen-bond donors (Lipinski definition) is 2. The van der Waals surface area contributed by atoms with E-state index in [9.17, 15) is 4.79 Å². The first-order valence-corrected chi connectivity index (χ1v) is 8.86. The Hall–Kier alpha value is -3.14. The molecule has 0 bridgehead atoms. The van der Waals surface area contributed by atoms with Gasteiger partial charge in [-0.3, -0.25) is 9.78 Å². The molecule has 132 valence electrons. The normalized spacial score (nSPS) is 10.3. The number of rotatable bonds is 8. The lowest BCUT2D eigenvalue weighted by Gasteiger charge is -2.09. The Morgan fingerprint density at radius 2 is 1.58 bits per heavy atom. The quantitative estimate of drug-likeness (QED) is 0.606. The molecule has 0 saturated carbocycles. The first-order chi connectivity index (χ1) is 12.8. The molecule has 3 rings (SSSR count). The molecule has 4 nitrogen and oxygen atoms in total. The van der Waals surface area contributed by atoms with Gasteiger partial charge in [0, 0.05) is 25.5 Å². The van der Waals surface area contributed by atoms with Crippen LogP contribution in [0.2, 0.25) is 0 Å². The van der Waals surface area contributed by atoms with Crippen molar-refractivity contribution in [2.24, 2.45) is 0 Å². The fourth-order valence-corrected chi connectivity index (χ4v) is 2.70. The Kier molecular flexibility index (Phi) is 6.37. The molecule has 0 radical (unpaired) electrons. The Morgan fingerprint density at radius 1 is 0.885 bits per heavy atom. The van der Waals surface area contributed by atoms with Gasteiger partial charge in [-0.25, -0.2) is 0 Å². The zero-order valence-corrected chi connectivity index (χ0v) is 14.7. The largest absolute Gasteiger partial charge is 0.380 e. The number of carbonyl (C=O) groups excluding carboxylic acids is 1. The number of carbonyl (C=O) groups is 1. The lowest BCUT2D eigenvalue weighted by molar-refractivity contribution is 0.0953. The summed E-state index contributed by atoms with van der Waals surface area (Å²) in [7, 11) is 0. The third-order valence-corrected chi connectivity index (χ3v) is 4.11. The summed E-state index contributed by atoms with van der Waals surface area (Å²) >= 11 is 0. The van der Waals surface area contributed by atoms with Gasteiger partial charge in [-0.1, -0.05) is 60.7 Å². The molecule has 0 unspecified atom stereocenters.